The summed E-state index contributed by atoms with van der Waals surface area (Å²) < 4.78 is 1.82. The van der Waals surface area contributed by atoms with Crippen LogP contribution in [0.5, 0.6) is 0 Å². The topological polar surface area (TPSA) is 43.8 Å². The molecule has 2 rings (SSSR count). The number of aryl methyl sites for hydroxylation is 1. The fraction of sp³-hybridized carbons (Fsp3) is 0.308. The smallest absolute Gasteiger partial charge is 0.130 e. The zero-order chi connectivity index (χ0) is 11.5. The first-order valence-electron chi connectivity index (χ1n) is 5.63. The van der Waals surface area contributed by atoms with E-state index in [2.05, 4.69) is 12.0 Å². The summed E-state index contributed by atoms with van der Waals surface area (Å²) in [5.74, 6) is 0.769. The molecule has 1 heterocycles. The van der Waals surface area contributed by atoms with Gasteiger partial charge in [0.05, 0.1) is 11.4 Å². The standard InChI is InChI=1S/C13H17N3/c1-3-7-12-10(2)15-16(13(12)14)11-8-5-4-6-9-11/h4-6,8-9H,3,7,14H2,1-2H3. The molecule has 0 saturated carbocycles. The van der Waals surface area contributed by atoms with Gasteiger partial charge in [0.15, 0.2) is 0 Å². The van der Waals surface area contributed by atoms with Crippen LogP contribution in [-0.4, -0.2) is 9.78 Å². The first-order valence-corrected chi connectivity index (χ1v) is 5.63. The molecule has 0 aliphatic carbocycles. The molecule has 0 saturated heterocycles. The lowest BCUT2D eigenvalue weighted by Gasteiger charge is -2.04. The van der Waals surface area contributed by atoms with Crippen molar-refractivity contribution in [2.75, 3.05) is 5.73 Å². The molecule has 84 valence electrons. The molecule has 16 heavy (non-hydrogen) atoms. The maximum Gasteiger partial charge on any atom is 0.130 e. The third-order valence-electron chi connectivity index (χ3n) is 2.72. The number of aromatic nitrogens is 2. The van der Waals surface area contributed by atoms with Crippen LogP contribution in [0.4, 0.5) is 5.82 Å². The summed E-state index contributed by atoms with van der Waals surface area (Å²) in [5.41, 5.74) is 9.34. The van der Waals surface area contributed by atoms with Crippen molar-refractivity contribution in [3.05, 3.63) is 41.6 Å². The van der Waals surface area contributed by atoms with Crippen molar-refractivity contribution in [1.82, 2.24) is 9.78 Å². The minimum Gasteiger partial charge on any atom is -0.383 e. The second kappa shape index (κ2) is 4.39. The Bertz CT molecular complexity index is 471. The van der Waals surface area contributed by atoms with E-state index in [0.29, 0.717) is 0 Å². The van der Waals surface area contributed by atoms with Crippen molar-refractivity contribution in [1.29, 1.82) is 0 Å². The predicted molar refractivity (Wildman–Crippen MR) is 66.7 cm³/mol. The third-order valence-corrected chi connectivity index (χ3v) is 2.72. The van der Waals surface area contributed by atoms with Crippen molar-refractivity contribution < 1.29 is 0 Å². The van der Waals surface area contributed by atoms with E-state index in [1.165, 1.54) is 5.56 Å². The number of nitrogens with two attached hydrogens (primary N) is 1. The average molecular weight is 215 g/mol. The Morgan fingerprint density at radius 1 is 1.25 bits per heavy atom. The van der Waals surface area contributed by atoms with Gasteiger partial charge >= 0.3 is 0 Å². The van der Waals surface area contributed by atoms with Crippen LogP contribution in [-0.2, 0) is 6.42 Å². The summed E-state index contributed by atoms with van der Waals surface area (Å²) >= 11 is 0. The highest BCUT2D eigenvalue weighted by Gasteiger charge is 2.12. The third kappa shape index (κ3) is 1.81. The molecule has 0 fully saturated rings. The van der Waals surface area contributed by atoms with Crippen LogP contribution < -0.4 is 5.73 Å². The molecule has 0 spiro atoms. The van der Waals surface area contributed by atoms with E-state index in [1.807, 2.05) is 41.9 Å². The molecule has 0 radical (unpaired) electrons. The molecule has 1 aromatic carbocycles. The van der Waals surface area contributed by atoms with Crippen LogP contribution in [0.15, 0.2) is 30.3 Å². The zero-order valence-electron chi connectivity index (χ0n) is 9.77. The molecule has 2 N–H and O–H groups in total. The summed E-state index contributed by atoms with van der Waals surface area (Å²) in [4.78, 5) is 0. The molecule has 0 atom stereocenters. The average Bonchev–Trinajstić information content (AvgIpc) is 2.59. The van der Waals surface area contributed by atoms with Gasteiger partial charge in [-0.2, -0.15) is 5.10 Å². The van der Waals surface area contributed by atoms with Gasteiger partial charge in [-0.3, -0.25) is 0 Å². The molecule has 1 aromatic heterocycles. The van der Waals surface area contributed by atoms with E-state index >= 15 is 0 Å². The highest BCUT2D eigenvalue weighted by atomic mass is 15.3. The van der Waals surface area contributed by atoms with Gasteiger partial charge in [-0.25, -0.2) is 4.68 Å². The van der Waals surface area contributed by atoms with Gasteiger partial charge in [0.2, 0.25) is 0 Å². The molecule has 0 aliphatic heterocycles. The Labute approximate surface area is 95.9 Å². The fourth-order valence-corrected chi connectivity index (χ4v) is 1.90. The van der Waals surface area contributed by atoms with Gasteiger partial charge < -0.3 is 5.73 Å². The lowest BCUT2D eigenvalue weighted by Crippen LogP contribution is -2.02. The lowest BCUT2D eigenvalue weighted by atomic mass is 10.1. The molecule has 0 aliphatic rings. The quantitative estimate of drug-likeness (QED) is 0.855. The van der Waals surface area contributed by atoms with Gasteiger partial charge in [0, 0.05) is 5.56 Å². The summed E-state index contributed by atoms with van der Waals surface area (Å²) in [5, 5.41) is 4.49. The second-order valence-corrected chi connectivity index (χ2v) is 3.95. The van der Waals surface area contributed by atoms with Gasteiger partial charge in [-0.15, -0.1) is 0 Å². The summed E-state index contributed by atoms with van der Waals surface area (Å²) in [6.07, 6.45) is 2.08. The molecule has 3 heteroatoms. The Hall–Kier alpha value is -1.77. The molecular weight excluding hydrogens is 198 g/mol. The van der Waals surface area contributed by atoms with E-state index in [9.17, 15) is 0 Å². The van der Waals surface area contributed by atoms with Gasteiger partial charge in [0.25, 0.3) is 0 Å². The first kappa shape index (κ1) is 10.7. The summed E-state index contributed by atoms with van der Waals surface area (Å²) in [7, 11) is 0. The van der Waals surface area contributed by atoms with Crippen LogP contribution in [0.25, 0.3) is 5.69 Å². The van der Waals surface area contributed by atoms with E-state index in [0.717, 1.165) is 30.0 Å². The highest BCUT2D eigenvalue weighted by molar-refractivity contribution is 5.49. The van der Waals surface area contributed by atoms with Crippen molar-refractivity contribution >= 4 is 5.82 Å². The largest absolute Gasteiger partial charge is 0.383 e. The number of anilines is 1. The number of nitrogens with zero attached hydrogens (tertiary/aromatic N) is 2. The van der Waals surface area contributed by atoms with Crippen LogP contribution in [0.1, 0.15) is 24.6 Å². The van der Waals surface area contributed by atoms with E-state index in [1.54, 1.807) is 0 Å². The van der Waals surface area contributed by atoms with Crippen molar-refractivity contribution in [3.63, 3.8) is 0 Å². The Morgan fingerprint density at radius 3 is 2.56 bits per heavy atom. The van der Waals surface area contributed by atoms with Gasteiger partial charge in [-0.1, -0.05) is 31.5 Å². The number of nitrogen functional groups attached to an aromatic ring is 1. The lowest BCUT2D eigenvalue weighted by molar-refractivity contribution is 0.871. The Morgan fingerprint density at radius 2 is 1.94 bits per heavy atom. The number of hydrogen-bond donors (Lipinski definition) is 1. The Kier molecular flexibility index (Phi) is 2.95. The normalized spacial score (nSPS) is 10.6. The zero-order valence-corrected chi connectivity index (χ0v) is 9.77. The van der Waals surface area contributed by atoms with E-state index in [4.69, 9.17) is 5.73 Å². The summed E-state index contributed by atoms with van der Waals surface area (Å²) in [6, 6.07) is 10.00. The summed E-state index contributed by atoms with van der Waals surface area (Å²) in [6.45, 7) is 4.17. The number of hydrogen-bond acceptors (Lipinski definition) is 2. The van der Waals surface area contributed by atoms with E-state index < -0.39 is 0 Å². The van der Waals surface area contributed by atoms with Gasteiger partial charge in [0.1, 0.15) is 5.82 Å². The minimum atomic E-state index is 0.769. The molecular formula is C13H17N3. The monoisotopic (exact) mass is 215 g/mol. The molecule has 0 unspecified atom stereocenters. The van der Waals surface area contributed by atoms with Crippen LogP contribution in [0.2, 0.25) is 0 Å². The second-order valence-electron chi connectivity index (χ2n) is 3.95. The maximum atomic E-state index is 6.12. The van der Waals surface area contributed by atoms with Crippen molar-refractivity contribution in [3.8, 4) is 5.69 Å². The maximum absolute atomic E-state index is 6.12. The SMILES string of the molecule is CCCc1c(C)nn(-c2ccccc2)c1N. The predicted octanol–water partition coefficient (Wildman–Crippen LogP) is 2.72. The van der Waals surface area contributed by atoms with E-state index in [-0.39, 0.29) is 0 Å². The number of rotatable bonds is 3. The number of benzene rings is 1. The van der Waals surface area contributed by atoms with Crippen molar-refractivity contribution in [2.24, 2.45) is 0 Å². The minimum absolute atomic E-state index is 0.769. The van der Waals surface area contributed by atoms with Crippen molar-refractivity contribution in [2.45, 2.75) is 26.7 Å². The fourth-order valence-electron chi connectivity index (χ4n) is 1.90. The van der Waals surface area contributed by atoms with Crippen LogP contribution in [0, 0.1) is 6.92 Å². The number of para-hydroxylation sites is 1. The first-order chi connectivity index (χ1) is 7.74. The molecule has 0 amide bonds. The molecule has 3 nitrogen and oxygen atoms in total. The van der Waals surface area contributed by atoms with Crippen LogP contribution >= 0.6 is 0 Å². The molecule has 2 aromatic rings. The Balaban J connectivity index is 2.47. The molecule has 0 bridgehead atoms. The highest BCUT2D eigenvalue weighted by Crippen LogP contribution is 2.21. The van der Waals surface area contributed by atoms with Gasteiger partial charge in [-0.05, 0) is 25.5 Å². The van der Waals surface area contributed by atoms with Crippen LogP contribution in [0.3, 0.4) is 0 Å².